The predicted molar refractivity (Wildman–Crippen MR) is 62.0 cm³/mol. The van der Waals surface area contributed by atoms with Crippen molar-refractivity contribution >= 4 is 11.3 Å². The number of furan rings is 1. The Bertz CT molecular complexity index is 425. The van der Waals surface area contributed by atoms with Crippen LogP contribution < -0.4 is 5.32 Å². The summed E-state index contributed by atoms with van der Waals surface area (Å²) in [6.45, 7) is 2.65. The van der Waals surface area contributed by atoms with Gasteiger partial charge in [-0.1, -0.05) is 0 Å². The molecular formula is C11H14N2O2S. The summed E-state index contributed by atoms with van der Waals surface area (Å²) in [4.78, 5) is 4.24. The highest BCUT2D eigenvalue weighted by Gasteiger charge is 2.08. The summed E-state index contributed by atoms with van der Waals surface area (Å²) in [5.74, 6) is 1.42. The van der Waals surface area contributed by atoms with E-state index in [1.165, 1.54) is 0 Å². The van der Waals surface area contributed by atoms with Crippen molar-refractivity contribution in [3.63, 3.8) is 0 Å². The second-order valence-corrected chi connectivity index (χ2v) is 4.43. The molecule has 0 aliphatic carbocycles. The monoisotopic (exact) mass is 238 g/mol. The number of aromatic nitrogens is 1. The number of nitrogens with one attached hydrogen (secondary N) is 1. The van der Waals surface area contributed by atoms with Crippen LogP contribution in [0.3, 0.4) is 0 Å². The molecule has 0 aliphatic heterocycles. The summed E-state index contributed by atoms with van der Waals surface area (Å²) in [5.41, 5.74) is 0. The van der Waals surface area contributed by atoms with E-state index in [9.17, 15) is 0 Å². The minimum absolute atomic E-state index is 0.0535. The van der Waals surface area contributed by atoms with Crippen LogP contribution in [-0.2, 0) is 13.2 Å². The quantitative estimate of drug-likeness (QED) is 0.837. The van der Waals surface area contributed by atoms with Crippen molar-refractivity contribution in [1.82, 2.24) is 10.3 Å². The molecule has 2 aromatic rings. The lowest BCUT2D eigenvalue weighted by Gasteiger charge is -2.09. The molecule has 4 nitrogen and oxygen atoms in total. The number of rotatable bonds is 5. The van der Waals surface area contributed by atoms with Crippen molar-refractivity contribution in [2.24, 2.45) is 0 Å². The summed E-state index contributed by atoms with van der Waals surface area (Å²) in [5, 5.41) is 15.2. The van der Waals surface area contributed by atoms with Gasteiger partial charge in [-0.3, -0.25) is 0 Å². The first kappa shape index (κ1) is 11.3. The van der Waals surface area contributed by atoms with Gasteiger partial charge in [0.1, 0.15) is 23.1 Å². The van der Waals surface area contributed by atoms with Gasteiger partial charge in [0.25, 0.3) is 0 Å². The molecule has 0 amide bonds. The van der Waals surface area contributed by atoms with E-state index in [1.54, 1.807) is 23.6 Å². The molecule has 2 rings (SSSR count). The van der Waals surface area contributed by atoms with Crippen LogP contribution in [0.5, 0.6) is 0 Å². The van der Waals surface area contributed by atoms with Gasteiger partial charge in [0.05, 0.1) is 12.6 Å². The fraction of sp³-hybridized carbons (Fsp3) is 0.364. The lowest BCUT2D eigenvalue weighted by Crippen LogP contribution is -2.17. The number of thiazole rings is 1. The third-order valence-corrected chi connectivity index (χ3v) is 3.24. The minimum Gasteiger partial charge on any atom is -0.462 e. The van der Waals surface area contributed by atoms with Crippen LogP contribution >= 0.6 is 11.3 Å². The van der Waals surface area contributed by atoms with Crippen LogP contribution in [0.25, 0.3) is 0 Å². The molecule has 1 atom stereocenters. The first-order valence-corrected chi connectivity index (χ1v) is 5.99. The van der Waals surface area contributed by atoms with E-state index in [0.29, 0.717) is 12.3 Å². The predicted octanol–water partition coefficient (Wildman–Crippen LogP) is 2.08. The normalized spacial score (nSPS) is 12.9. The molecule has 2 aromatic heterocycles. The molecule has 0 spiro atoms. The Morgan fingerprint density at radius 1 is 1.50 bits per heavy atom. The Kier molecular flexibility index (Phi) is 3.71. The van der Waals surface area contributed by atoms with Crippen LogP contribution in [-0.4, -0.2) is 10.1 Å². The van der Waals surface area contributed by atoms with E-state index in [2.05, 4.69) is 17.2 Å². The van der Waals surface area contributed by atoms with Crippen molar-refractivity contribution in [3.05, 3.63) is 40.2 Å². The lowest BCUT2D eigenvalue weighted by atomic mass is 10.3. The van der Waals surface area contributed by atoms with Crippen LogP contribution in [0.4, 0.5) is 0 Å². The summed E-state index contributed by atoms with van der Waals surface area (Å²) in [6.07, 6.45) is 1.80. The molecule has 0 aliphatic rings. The van der Waals surface area contributed by atoms with Gasteiger partial charge < -0.3 is 14.8 Å². The third kappa shape index (κ3) is 2.69. The van der Waals surface area contributed by atoms with E-state index in [-0.39, 0.29) is 12.6 Å². The van der Waals surface area contributed by atoms with Gasteiger partial charge in [-0.2, -0.15) is 0 Å². The van der Waals surface area contributed by atoms with Crippen LogP contribution in [0.1, 0.15) is 29.5 Å². The zero-order valence-corrected chi connectivity index (χ0v) is 9.83. The smallest absolute Gasteiger partial charge is 0.129 e. The minimum atomic E-state index is -0.0535. The number of aliphatic hydroxyl groups is 1. The van der Waals surface area contributed by atoms with E-state index in [4.69, 9.17) is 9.52 Å². The topological polar surface area (TPSA) is 58.3 Å². The van der Waals surface area contributed by atoms with Gasteiger partial charge >= 0.3 is 0 Å². The lowest BCUT2D eigenvalue weighted by molar-refractivity contribution is 0.242. The Morgan fingerprint density at radius 3 is 2.94 bits per heavy atom. The van der Waals surface area contributed by atoms with Gasteiger partial charge in [-0.15, -0.1) is 11.3 Å². The van der Waals surface area contributed by atoms with Crippen molar-refractivity contribution < 1.29 is 9.52 Å². The molecule has 5 heteroatoms. The van der Waals surface area contributed by atoms with E-state index in [1.807, 2.05) is 11.4 Å². The maximum Gasteiger partial charge on any atom is 0.129 e. The second-order valence-electron chi connectivity index (χ2n) is 3.50. The number of hydrogen-bond acceptors (Lipinski definition) is 5. The van der Waals surface area contributed by atoms with Gasteiger partial charge in [0.2, 0.25) is 0 Å². The highest BCUT2D eigenvalue weighted by atomic mass is 32.1. The van der Waals surface area contributed by atoms with E-state index < -0.39 is 0 Å². The Labute approximate surface area is 97.9 Å². The number of aliphatic hydroxyl groups excluding tert-OH is 1. The van der Waals surface area contributed by atoms with Gasteiger partial charge in [-0.25, -0.2) is 4.98 Å². The fourth-order valence-corrected chi connectivity index (χ4v) is 2.06. The highest BCUT2D eigenvalue weighted by molar-refractivity contribution is 7.09. The maximum absolute atomic E-state index is 8.86. The van der Waals surface area contributed by atoms with Crippen molar-refractivity contribution in [2.45, 2.75) is 26.1 Å². The molecule has 0 bridgehead atoms. The maximum atomic E-state index is 8.86. The molecule has 1 unspecified atom stereocenters. The Hall–Kier alpha value is -1.17. The molecular weight excluding hydrogens is 224 g/mol. The SMILES string of the molecule is CC(NCc1ccc(CO)o1)c1nccs1. The van der Waals surface area contributed by atoms with E-state index in [0.717, 1.165) is 10.8 Å². The first-order chi connectivity index (χ1) is 7.79. The van der Waals surface area contributed by atoms with Crippen molar-refractivity contribution in [1.29, 1.82) is 0 Å². The van der Waals surface area contributed by atoms with Gasteiger partial charge in [0.15, 0.2) is 0 Å². The molecule has 0 saturated carbocycles. The summed E-state index contributed by atoms with van der Waals surface area (Å²) in [6, 6.07) is 3.86. The summed E-state index contributed by atoms with van der Waals surface area (Å²) < 4.78 is 5.37. The molecule has 0 fully saturated rings. The second kappa shape index (κ2) is 5.25. The average molecular weight is 238 g/mol. The van der Waals surface area contributed by atoms with Crippen molar-refractivity contribution in [3.8, 4) is 0 Å². The average Bonchev–Trinajstić information content (AvgIpc) is 2.96. The highest BCUT2D eigenvalue weighted by Crippen LogP contribution is 2.16. The summed E-state index contributed by atoms with van der Waals surface area (Å²) >= 11 is 1.63. The molecule has 86 valence electrons. The largest absolute Gasteiger partial charge is 0.462 e. The van der Waals surface area contributed by atoms with Crippen molar-refractivity contribution in [2.75, 3.05) is 0 Å². The Morgan fingerprint density at radius 2 is 2.31 bits per heavy atom. The number of hydrogen-bond donors (Lipinski definition) is 2. The number of nitrogens with zero attached hydrogens (tertiary/aromatic N) is 1. The summed E-state index contributed by atoms with van der Waals surface area (Å²) in [7, 11) is 0. The molecule has 0 saturated heterocycles. The molecule has 2 N–H and O–H groups in total. The zero-order chi connectivity index (χ0) is 11.4. The van der Waals surface area contributed by atoms with Gasteiger partial charge in [0, 0.05) is 11.6 Å². The van der Waals surface area contributed by atoms with Gasteiger partial charge in [-0.05, 0) is 19.1 Å². The molecule has 16 heavy (non-hydrogen) atoms. The van der Waals surface area contributed by atoms with Crippen LogP contribution in [0.2, 0.25) is 0 Å². The molecule has 2 heterocycles. The standard InChI is InChI=1S/C11H14N2O2S/c1-8(11-12-4-5-16-11)13-6-9-2-3-10(7-14)15-9/h2-5,8,13-14H,6-7H2,1H3. The first-order valence-electron chi connectivity index (χ1n) is 5.11. The zero-order valence-electron chi connectivity index (χ0n) is 9.01. The molecule has 0 aromatic carbocycles. The third-order valence-electron chi connectivity index (χ3n) is 2.28. The molecule has 0 radical (unpaired) electrons. The van der Waals surface area contributed by atoms with Crippen LogP contribution in [0.15, 0.2) is 28.1 Å². The van der Waals surface area contributed by atoms with E-state index >= 15 is 0 Å². The fourth-order valence-electron chi connectivity index (χ4n) is 1.39. The Balaban J connectivity index is 1.87. The van der Waals surface area contributed by atoms with Crippen LogP contribution in [0, 0.1) is 0 Å².